The number of hydrogen-bond acceptors (Lipinski definition) is 5. The topological polar surface area (TPSA) is 67.8 Å². The van der Waals surface area contributed by atoms with Gasteiger partial charge in [0.25, 0.3) is 0 Å². The Balaban J connectivity index is 1.50. The molecule has 3 aromatic heterocycles. The first kappa shape index (κ1) is 18.0. The summed E-state index contributed by atoms with van der Waals surface area (Å²) in [5.41, 5.74) is 3.49. The van der Waals surface area contributed by atoms with Gasteiger partial charge in [0.1, 0.15) is 5.01 Å². The molecule has 1 unspecified atom stereocenters. The van der Waals surface area contributed by atoms with E-state index in [-0.39, 0.29) is 18.4 Å². The number of rotatable bonds is 6. The fourth-order valence-electron chi connectivity index (χ4n) is 2.91. The summed E-state index contributed by atoms with van der Waals surface area (Å²) in [6.45, 7) is 0. The molecule has 4 aromatic rings. The van der Waals surface area contributed by atoms with Crippen LogP contribution in [0.15, 0.2) is 84.6 Å². The second-order valence-corrected chi connectivity index (χ2v) is 7.09. The lowest BCUT2D eigenvalue weighted by Gasteiger charge is -2.18. The number of hydrogen-bond donors (Lipinski definition) is 1. The van der Waals surface area contributed by atoms with Crippen molar-refractivity contribution in [2.75, 3.05) is 0 Å². The summed E-state index contributed by atoms with van der Waals surface area (Å²) < 4.78 is 0. The van der Waals surface area contributed by atoms with Gasteiger partial charge in [0, 0.05) is 29.5 Å². The number of aromatic nitrogens is 3. The van der Waals surface area contributed by atoms with Crippen LogP contribution >= 0.6 is 11.3 Å². The molecule has 0 aliphatic rings. The molecule has 6 heteroatoms. The summed E-state index contributed by atoms with van der Waals surface area (Å²) in [6.07, 6.45) is 5.45. The molecule has 3 heterocycles. The van der Waals surface area contributed by atoms with E-state index in [2.05, 4.69) is 20.3 Å². The molecular weight excluding hydrogens is 368 g/mol. The van der Waals surface area contributed by atoms with Crippen molar-refractivity contribution in [3.8, 4) is 10.6 Å². The second kappa shape index (κ2) is 8.54. The Bertz CT molecular complexity index is 996. The monoisotopic (exact) mass is 386 g/mol. The van der Waals surface area contributed by atoms with Gasteiger partial charge >= 0.3 is 0 Å². The maximum Gasteiger partial charge on any atom is 0.226 e. The first-order chi connectivity index (χ1) is 13.8. The molecule has 1 atom stereocenters. The Labute approximate surface area is 167 Å². The van der Waals surface area contributed by atoms with E-state index in [0.717, 1.165) is 27.5 Å². The summed E-state index contributed by atoms with van der Waals surface area (Å²) in [6, 6.07) is 19.1. The van der Waals surface area contributed by atoms with Crippen LogP contribution in [0.25, 0.3) is 10.6 Å². The molecule has 0 saturated carbocycles. The zero-order valence-corrected chi connectivity index (χ0v) is 15.8. The van der Waals surface area contributed by atoms with Crippen LogP contribution in [-0.2, 0) is 11.2 Å². The van der Waals surface area contributed by atoms with Gasteiger partial charge in [-0.3, -0.25) is 14.8 Å². The Morgan fingerprint density at radius 3 is 2.61 bits per heavy atom. The molecule has 28 heavy (non-hydrogen) atoms. The van der Waals surface area contributed by atoms with Crippen LogP contribution < -0.4 is 5.32 Å². The molecule has 0 radical (unpaired) electrons. The number of amides is 1. The Hall–Kier alpha value is -3.38. The van der Waals surface area contributed by atoms with E-state index in [0.29, 0.717) is 0 Å². The molecule has 5 nitrogen and oxygen atoms in total. The van der Waals surface area contributed by atoms with Gasteiger partial charge in [-0.2, -0.15) is 0 Å². The largest absolute Gasteiger partial charge is 0.343 e. The quantitative estimate of drug-likeness (QED) is 0.543. The van der Waals surface area contributed by atoms with Gasteiger partial charge < -0.3 is 5.32 Å². The van der Waals surface area contributed by atoms with Crippen LogP contribution in [0, 0.1) is 0 Å². The van der Waals surface area contributed by atoms with Crippen LogP contribution in [0.5, 0.6) is 0 Å². The molecule has 1 N–H and O–H groups in total. The van der Waals surface area contributed by atoms with Gasteiger partial charge in [0.2, 0.25) is 5.91 Å². The SMILES string of the molecule is O=C(Cc1csc(-c2cccnc2)n1)NC(c1ccccc1)c1ccccn1. The fourth-order valence-corrected chi connectivity index (χ4v) is 3.72. The molecule has 1 aromatic carbocycles. The number of carbonyl (C=O) groups excluding carboxylic acids is 1. The van der Waals surface area contributed by atoms with Crippen molar-refractivity contribution >= 4 is 17.2 Å². The number of nitrogens with zero attached hydrogens (tertiary/aromatic N) is 3. The molecular formula is C22H18N4OS. The molecule has 138 valence electrons. The van der Waals surface area contributed by atoms with Crippen molar-refractivity contribution in [2.24, 2.45) is 0 Å². The molecule has 4 rings (SSSR count). The molecule has 0 bridgehead atoms. The minimum atomic E-state index is -0.300. The van der Waals surface area contributed by atoms with E-state index in [4.69, 9.17) is 0 Å². The van der Waals surface area contributed by atoms with E-state index in [1.807, 2.05) is 66.0 Å². The number of carbonyl (C=O) groups is 1. The maximum absolute atomic E-state index is 12.7. The number of thiazole rings is 1. The molecule has 0 aliphatic carbocycles. The zero-order valence-electron chi connectivity index (χ0n) is 15.0. The van der Waals surface area contributed by atoms with Gasteiger partial charge in [-0.15, -0.1) is 11.3 Å². The highest BCUT2D eigenvalue weighted by molar-refractivity contribution is 7.13. The third-order valence-electron chi connectivity index (χ3n) is 4.22. The average Bonchev–Trinajstić information content (AvgIpc) is 3.22. The highest BCUT2D eigenvalue weighted by Gasteiger charge is 2.18. The van der Waals surface area contributed by atoms with Crippen LogP contribution in [0.1, 0.15) is 23.0 Å². The summed E-state index contributed by atoms with van der Waals surface area (Å²) in [7, 11) is 0. The third-order valence-corrected chi connectivity index (χ3v) is 5.16. The maximum atomic E-state index is 12.7. The van der Waals surface area contributed by atoms with Crippen molar-refractivity contribution < 1.29 is 4.79 Å². The van der Waals surface area contributed by atoms with Crippen LogP contribution in [-0.4, -0.2) is 20.9 Å². The Morgan fingerprint density at radius 1 is 1.00 bits per heavy atom. The summed E-state index contributed by atoms with van der Waals surface area (Å²) in [5, 5.41) is 5.88. The fraction of sp³-hybridized carbons (Fsp3) is 0.0909. The van der Waals surface area contributed by atoms with E-state index in [9.17, 15) is 4.79 Å². The van der Waals surface area contributed by atoms with Crippen LogP contribution in [0.4, 0.5) is 0 Å². The summed E-state index contributed by atoms with van der Waals surface area (Å²) >= 11 is 1.51. The van der Waals surface area contributed by atoms with E-state index >= 15 is 0 Å². The van der Waals surface area contributed by atoms with Crippen LogP contribution in [0.2, 0.25) is 0 Å². The lowest BCUT2D eigenvalue weighted by molar-refractivity contribution is -0.121. The number of benzene rings is 1. The van der Waals surface area contributed by atoms with E-state index in [1.165, 1.54) is 11.3 Å². The van der Waals surface area contributed by atoms with Crippen molar-refractivity contribution in [1.82, 2.24) is 20.3 Å². The standard InChI is InChI=1S/C22H18N4OS/c27-20(13-18-15-28-22(25-18)17-9-6-11-23-14-17)26-21(16-7-2-1-3-8-16)19-10-4-5-12-24-19/h1-12,14-15,21H,13H2,(H,26,27). The Kier molecular flexibility index (Phi) is 5.49. The molecule has 0 aliphatic heterocycles. The van der Waals surface area contributed by atoms with Gasteiger partial charge in [-0.1, -0.05) is 36.4 Å². The molecule has 0 fully saturated rings. The highest BCUT2D eigenvalue weighted by atomic mass is 32.1. The number of nitrogens with one attached hydrogen (secondary N) is 1. The predicted octanol–water partition coefficient (Wildman–Crippen LogP) is 4.05. The smallest absolute Gasteiger partial charge is 0.226 e. The van der Waals surface area contributed by atoms with E-state index in [1.54, 1.807) is 18.6 Å². The van der Waals surface area contributed by atoms with E-state index < -0.39 is 0 Å². The van der Waals surface area contributed by atoms with Gasteiger partial charge in [0.05, 0.1) is 23.9 Å². The second-order valence-electron chi connectivity index (χ2n) is 6.23. The first-order valence-corrected chi connectivity index (χ1v) is 9.77. The van der Waals surface area contributed by atoms with Crippen molar-refractivity contribution in [1.29, 1.82) is 0 Å². The van der Waals surface area contributed by atoms with Gasteiger partial charge in [-0.25, -0.2) is 4.98 Å². The highest BCUT2D eigenvalue weighted by Crippen LogP contribution is 2.24. The normalized spacial score (nSPS) is 11.7. The summed E-state index contributed by atoms with van der Waals surface area (Å²) in [4.78, 5) is 25.8. The lowest BCUT2D eigenvalue weighted by atomic mass is 10.0. The zero-order chi connectivity index (χ0) is 19.2. The van der Waals surface area contributed by atoms with Crippen molar-refractivity contribution in [3.63, 3.8) is 0 Å². The van der Waals surface area contributed by atoms with Gasteiger partial charge in [0.15, 0.2) is 0 Å². The molecule has 1 amide bonds. The van der Waals surface area contributed by atoms with Crippen LogP contribution in [0.3, 0.4) is 0 Å². The Morgan fingerprint density at radius 2 is 1.86 bits per heavy atom. The lowest BCUT2D eigenvalue weighted by Crippen LogP contribution is -2.31. The average molecular weight is 386 g/mol. The first-order valence-electron chi connectivity index (χ1n) is 8.89. The summed E-state index contributed by atoms with van der Waals surface area (Å²) in [5.74, 6) is -0.0949. The minimum absolute atomic E-state index is 0.0949. The minimum Gasteiger partial charge on any atom is -0.343 e. The van der Waals surface area contributed by atoms with Crippen molar-refractivity contribution in [2.45, 2.75) is 12.5 Å². The molecule has 0 saturated heterocycles. The third kappa shape index (κ3) is 4.29. The number of pyridine rings is 2. The van der Waals surface area contributed by atoms with Crippen molar-refractivity contribution in [3.05, 3.63) is 102 Å². The van der Waals surface area contributed by atoms with Gasteiger partial charge in [-0.05, 0) is 29.8 Å². The molecule has 0 spiro atoms. The predicted molar refractivity (Wildman–Crippen MR) is 110 cm³/mol.